The third kappa shape index (κ3) is 2.75. The molecule has 1 aromatic carbocycles. The van der Waals surface area contributed by atoms with Crippen molar-refractivity contribution in [2.24, 2.45) is 0 Å². The highest BCUT2D eigenvalue weighted by molar-refractivity contribution is 5.51. The highest BCUT2D eigenvalue weighted by Gasteiger charge is 2.20. The van der Waals surface area contributed by atoms with E-state index >= 15 is 0 Å². The van der Waals surface area contributed by atoms with Crippen molar-refractivity contribution in [1.82, 2.24) is 15.0 Å². The van der Waals surface area contributed by atoms with Gasteiger partial charge in [0.25, 0.3) is 0 Å². The van der Waals surface area contributed by atoms with Gasteiger partial charge in [-0.15, -0.1) is 15.0 Å². The van der Waals surface area contributed by atoms with Crippen molar-refractivity contribution in [2.45, 2.75) is 33.1 Å². The van der Waals surface area contributed by atoms with E-state index in [0.717, 1.165) is 37.4 Å². The van der Waals surface area contributed by atoms with Crippen molar-refractivity contribution in [3.05, 3.63) is 35.0 Å². The first-order valence-electron chi connectivity index (χ1n) is 7.38. The lowest BCUT2D eigenvalue weighted by molar-refractivity contribution is 0.571. The zero-order chi connectivity index (χ0) is 14.8. The number of aromatic nitrogens is 3. The van der Waals surface area contributed by atoms with Gasteiger partial charge < -0.3 is 4.90 Å². The number of hydrogen-bond donors (Lipinski definition) is 0. The van der Waals surface area contributed by atoms with E-state index in [1.54, 1.807) is 4.80 Å². The first-order valence-corrected chi connectivity index (χ1v) is 7.38. The molecule has 0 unspecified atom stereocenters. The molecule has 0 aliphatic carbocycles. The van der Waals surface area contributed by atoms with E-state index in [1.165, 1.54) is 17.5 Å². The van der Waals surface area contributed by atoms with E-state index in [9.17, 15) is 5.26 Å². The first-order chi connectivity index (χ1) is 10.2. The van der Waals surface area contributed by atoms with Crippen LogP contribution in [0.5, 0.6) is 0 Å². The molecule has 1 aliphatic heterocycles. The Hall–Kier alpha value is -2.35. The standard InChI is InChI=1S/C16H19N5/c1-12-8-13(2)10-14(9-12)21-18-15(11-17)16(19-21)20-6-4-3-5-7-20/h8-10H,3-7H2,1-2H3. The minimum atomic E-state index is 0.413. The zero-order valence-corrected chi connectivity index (χ0v) is 12.5. The largest absolute Gasteiger partial charge is 0.353 e. The van der Waals surface area contributed by atoms with Crippen molar-refractivity contribution in [3.63, 3.8) is 0 Å². The van der Waals surface area contributed by atoms with Gasteiger partial charge in [-0.1, -0.05) is 6.07 Å². The van der Waals surface area contributed by atoms with Crippen LogP contribution in [0.25, 0.3) is 5.69 Å². The van der Waals surface area contributed by atoms with Crippen LogP contribution in [0.3, 0.4) is 0 Å². The molecule has 0 amide bonds. The number of anilines is 1. The summed E-state index contributed by atoms with van der Waals surface area (Å²) in [6.07, 6.45) is 3.56. The molecule has 1 aliphatic rings. The van der Waals surface area contributed by atoms with E-state index in [-0.39, 0.29) is 0 Å². The predicted molar refractivity (Wildman–Crippen MR) is 81.6 cm³/mol. The Morgan fingerprint density at radius 1 is 1.00 bits per heavy atom. The second-order valence-electron chi connectivity index (χ2n) is 5.67. The Morgan fingerprint density at radius 2 is 1.67 bits per heavy atom. The molecule has 2 aromatic rings. The first kappa shape index (κ1) is 13.6. The lowest BCUT2D eigenvalue weighted by Gasteiger charge is -2.26. The maximum atomic E-state index is 9.33. The van der Waals surface area contributed by atoms with Crippen LogP contribution in [0, 0.1) is 25.2 Å². The second kappa shape index (κ2) is 5.57. The summed E-state index contributed by atoms with van der Waals surface area (Å²) in [5.41, 5.74) is 3.66. The fourth-order valence-electron chi connectivity index (χ4n) is 2.87. The number of hydrogen-bond acceptors (Lipinski definition) is 4. The van der Waals surface area contributed by atoms with Crippen molar-refractivity contribution < 1.29 is 0 Å². The molecular formula is C16H19N5. The molecule has 0 spiro atoms. The van der Waals surface area contributed by atoms with Crippen LogP contribution in [0.15, 0.2) is 18.2 Å². The molecule has 0 N–H and O–H groups in total. The third-order valence-electron chi connectivity index (χ3n) is 3.79. The molecule has 1 aromatic heterocycles. The smallest absolute Gasteiger partial charge is 0.207 e. The van der Waals surface area contributed by atoms with Crippen molar-refractivity contribution >= 4 is 5.82 Å². The molecule has 5 nitrogen and oxygen atoms in total. The van der Waals surface area contributed by atoms with E-state index < -0.39 is 0 Å². The summed E-state index contributed by atoms with van der Waals surface area (Å²) in [6, 6.07) is 8.36. The van der Waals surface area contributed by atoms with Gasteiger partial charge in [0.05, 0.1) is 5.69 Å². The number of nitrogens with zero attached hydrogens (tertiary/aromatic N) is 5. The Morgan fingerprint density at radius 3 is 2.29 bits per heavy atom. The number of nitriles is 1. The Labute approximate surface area is 124 Å². The lowest BCUT2D eigenvalue weighted by atomic mass is 10.1. The summed E-state index contributed by atoms with van der Waals surface area (Å²) in [5, 5.41) is 18.3. The molecule has 3 rings (SSSR count). The maximum Gasteiger partial charge on any atom is 0.207 e. The fourth-order valence-corrected chi connectivity index (χ4v) is 2.87. The molecule has 0 bridgehead atoms. The fraction of sp³-hybridized carbons (Fsp3) is 0.438. The summed E-state index contributed by atoms with van der Waals surface area (Å²) in [4.78, 5) is 3.76. The highest BCUT2D eigenvalue weighted by atomic mass is 15.5. The Kier molecular flexibility index (Phi) is 3.61. The Bertz CT molecular complexity index is 669. The van der Waals surface area contributed by atoms with Crippen LogP contribution < -0.4 is 4.90 Å². The van der Waals surface area contributed by atoms with Crippen LogP contribution >= 0.6 is 0 Å². The summed E-state index contributed by atoms with van der Waals surface area (Å²) in [5.74, 6) is 0.719. The Balaban J connectivity index is 2.00. The van der Waals surface area contributed by atoms with Crippen LogP contribution in [-0.4, -0.2) is 28.1 Å². The maximum absolute atomic E-state index is 9.33. The summed E-state index contributed by atoms with van der Waals surface area (Å²) in [7, 11) is 0. The van der Waals surface area contributed by atoms with Crippen LogP contribution in [0.4, 0.5) is 5.82 Å². The van der Waals surface area contributed by atoms with Crippen LogP contribution in [0.1, 0.15) is 36.1 Å². The topological polar surface area (TPSA) is 57.7 Å². The van der Waals surface area contributed by atoms with Gasteiger partial charge in [-0.25, -0.2) is 0 Å². The predicted octanol–water partition coefficient (Wildman–Crippen LogP) is 2.75. The average Bonchev–Trinajstić information content (AvgIpc) is 2.91. The van der Waals surface area contributed by atoms with Gasteiger partial charge in [-0.3, -0.25) is 0 Å². The van der Waals surface area contributed by atoms with Gasteiger partial charge in [0, 0.05) is 13.1 Å². The van der Waals surface area contributed by atoms with E-state index in [0.29, 0.717) is 5.69 Å². The minimum Gasteiger partial charge on any atom is -0.353 e. The van der Waals surface area contributed by atoms with Gasteiger partial charge in [0.1, 0.15) is 6.07 Å². The van der Waals surface area contributed by atoms with Gasteiger partial charge in [-0.2, -0.15) is 5.26 Å². The average molecular weight is 281 g/mol. The third-order valence-corrected chi connectivity index (χ3v) is 3.79. The van der Waals surface area contributed by atoms with Crippen molar-refractivity contribution in [2.75, 3.05) is 18.0 Å². The molecule has 0 radical (unpaired) electrons. The van der Waals surface area contributed by atoms with E-state index in [1.807, 2.05) is 12.1 Å². The summed E-state index contributed by atoms with van der Waals surface area (Å²) >= 11 is 0. The highest BCUT2D eigenvalue weighted by Crippen LogP contribution is 2.22. The monoisotopic (exact) mass is 281 g/mol. The molecule has 0 saturated carbocycles. The number of rotatable bonds is 2. The van der Waals surface area contributed by atoms with Gasteiger partial charge >= 0.3 is 0 Å². The van der Waals surface area contributed by atoms with E-state index in [4.69, 9.17) is 0 Å². The van der Waals surface area contributed by atoms with Crippen LogP contribution in [0.2, 0.25) is 0 Å². The quantitative estimate of drug-likeness (QED) is 0.849. The molecule has 108 valence electrons. The second-order valence-corrected chi connectivity index (χ2v) is 5.67. The normalized spacial score (nSPS) is 15.0. The van der Waals surface area contributed by atoms with Crippen LogP contribution in [-0.2, 0) is 0 Å². The molecule has 1 fully saturated rings. The summed E-state index contributed by atoms with van der Waals surface area (Å²) in [6.45, 7) is 6.02. The van der Waals surface area contributed by atoms with Gasteiger partial charge in [0.15, 0.2) is 5.82 Å². The van der Waals surface area contributed by atoms with Crippen molar-refractivity contribution in [1.29, 1.82) is 5.26 Å². The molecule has 21 heavy (non-hydrogen) atoms. The summed E-state index contributed by atoms with van der Waals surface area (Å²) < 4.78 is 0. The SMILES string of the molecule is Cc1cc(C)cc(-n2nc(C#N)c(N3CCCCC3)n2)c1. The van der Waals surface area contributed by atoms with E-state index in [2.05, 4.69) is 41.1 Å². The van der Waals surface area contributed by atoms with Gasteiger partial charge in [0.2, 0.25) is 5.69 Å². The number of piperidine rings is 1. The molecule has 5 heteroatoms. The lowest BCUT2D eigenvalue weighted by Crippen LogP contribution is -2.30. The molecule has 1 saturated heterocycles. The molecule has 2 heterocycles. The minimum absolute atomic E-state index is 0.413. The van der Waals surface area contributed by atoms with Crippen molar-refractivity contribution in [3.8, 4) is 11.8 Å². The van der Waals surface area contributed by atoms with Gasteiger partial charge in [-0.05, 0) is 56.4 Å². The number of aryl methyl sites for hydroxylation is 2. The molecular weight excluding hydrogens is 262 g/mol. The number of benzene rings is 1. The zero-order valence-electron chi connectivity index (χ0n) is 12.5. The molecule has 0 atom stereocenters.